The zero-order valence-corrected chi connectivity index (χ0v) is 12.1. The number of benzene rings is 1. The van der Waals surface area contributed by atoms with Crippen LogP contribution in [0.4, 0.5) is 4.39 Å². The van der Waals surface area contributed by atoms with Gasteiger partial charge in [-0.3, -0.25) is 9.59 Å². The van der Waals surface area contributed by atoms with Gasteiger partial charge >= 0.3 is 5.97 Å². The zero-order chi connectivity index (χ0) is 15.2. The molecular formula is C14H16FNO4S. The number of ether oxygens (including phenoxy) is 1. The van der Waals surface area contributed by atoms with Gasteiger partial charge in [-0.25, -0.2) is 4.39 Å². The van der Waals surface area contributed by atoms with Gasteiger partial charge < -0.3 is 14.7 Å². The normalized spacial score (nSPS) is 18.3. The van der Waals surface area contributed by atoms with Crippen molar-refractivity contribution in [3.8, 4) is 5.75 Å². The van der Waals surface area contributed by atoms with Crippen LogP contribution < -0.4 is 4.74 Å². The first-order valence-corrected chi connectivity index (χ1v) is 7.69. The van der Waals surface area contributed by atoms with E-state index >= 15 is 0 Å². The summed E-state index contributed by atoms with van der Waals surface area (Å²) in [6.45, 7) is 0.348. The molecule has 2 rings (SSSR count). The number of carboxylic acids is 1. The second-order valence-electron chi connectivity index (χ2n) is 4.66. The smallest absolute Gasteiger partial charge is 0.305 e. The number of rotatable bonds is 5. The predicted molar refractivity (Wildman–Crippen MR) is 77.0 cm³/mol. The quantitative estimate of drug-likeness (QED) is 0.895. The molecule has 0 aliphatic carbocycles. The largest absolute Gasteiger partial charge is 0.484 e. The molecule has 1 aromatic carbocycles. The van der Waals surface area contributed by atoms with Crippen LogP contribution >= 0.6 is 11.8 Å². The Hall–Kier alpha value is -1.76. The molecule has 0 spiro atoms. The fraction of sp³-hybridized carbons (Fsp3) is 0.429. The molecule has 0 aromatic heterocycles. The first-order chi connectivity index (χ1) is 10.1. The zero-order valence-electron chi connectivity index (χ0n) is 11.3. The molecule has 114 valence electrons. The Balaban J connectivity index is 1.91. The molecule has 5 nitrogen and oxygen atoms in total. The Morgan fingerprint density at radius 1 is 1.38 bits per heavy atom. The second kappa shape index (κ2) is 7.31. The van der Waals surface area contributed by atoms with Gasteiger partial charge in [0, 0.05) is 18.1 Å². The van der Waals surface area contributed by atoms with Crippen molar-refractivity contribution in [2.24, 2.45) is 0 Å². The van der Waals surface area contributed by atoms with Crippen LogP contribution in [0.25, 0.3) is 0 Å². The third kappa shape index (κ3) is 4.63. The van der Waals surface area contributed by atoms with E-state index in [1.807, 2.05) is 0 Å². The third-order valence-corrected chi connectivity index (χ3v) is 4.23. The van der Waals surface area contributed by atoms with Gasteiger partial charge in [0.1, 0.15) is 11.6 Å². The van der Waals surface area contributed by atoms with E-state index in [0.29, 0.717) is 18.0 Å². The molecule has 1 saturated heterocycles. The number of aliphatic carboxylic acids is 1. The standard InChI is InChI=1S/C14H16FNO4S/c15-10-1-3-12(4-2-10)20-8-13(17)16-5-6-21-9-11(16)7-14(18)19/h1-4,11H,5-9H2,(H,18,19). The number of halogens is 1. The Kier molecular flexibility index (Phi) is 5.44. The molecule has 1 aliphatic heterocycles. The molecule has 1 amide bonds. The number of hydrogen-bond acceptors (Lipinski definition) is 4. The van der Waals surface area contributed by atoms with Crippen LogP contribution in [-0.2, 0) is 9.59 Å². The van der Waals surface area contributed by atoms with E-state index in [0.717, 1.165) is 5.75 Å². The highest BCUT2D eigenvalue weighted by Gasteiger charge is 2.28. The number of amides is 1. The van der Waals surface area contributed by atoms with Gasteiger partial charge in [0.05, 0.1) is 12.5 Å². The van der Waals surface area contributed by atoms with Crippen molar-refractivity contribution in [2.75, 3.05) is 24.7 Å². The summed E-state index contributed by atoms with van der Waals surface area (Å²) in [7, 11) is 0. The first-order valence-electron chi connectivity index (χ1n) is 6.53. The number of hydrogen-bond donors (Lipinski definition) is 1. The summed E-state index contributed by atoms with van der Waals surface area (Å²) >= 11 is 1.64. The summed E-state index contributed by atoms with van der Waals surface area (Å²) in [4.78, 5) is 24.6. The van der Waals surface area contributed by atoms with Crippen LogP contribution in [0.2, 0.25) is 0 Å². The van der Waals surface area contributed by atoms with Crippen LogP contribution in [-0.4, -0.2) is 52.6 Å². The van der Waals surface area contributed by atoms with E-state index in [-0.39, 0.29) is 30.8 Å². The summed E-state index contributed by atoms with van der Waals surface area (Å²) in [6.07, 6.45) is -0.0602. The summed E-state index contributed by atoms with van der Waals surface area (Å²) < 4.78 is 18.1. The minimum atomic E-state index is -0.917. The van der Waals surface area contributed by atoms with Crippen molar-refractivity contribution >= 4 is 23.6 Å². The molecule has 1 aliphatic rings. The number of nitrogens with zero attached hydrogens (tertiary/aromatic N) is 1. The highest BCUT2D eigenvalue weighted by molar-refractivity contribution is 7.99. The van der Waals surface area contributed by atoms with Crippen molar-refractivity contribution in [2.45, 2.75) is 12.5 Å². The average Bonchev–Trinajstić information content (AvgIpc) is 2.46. The SMILES string of the molecule is O=C(O)CC1CSCCN1C(=O)COc1ccc(F)cc1. The van der Waals surface area contributed by atoms with Crippen LogP contribution in [0, 0.1) is 5.82 Å². The minimum Gasteiger partial charge on any atom is -0.484 e. The lowest BCUT2D eigenvalue weighted by atomic mass is 10.2. The van der Waals surface area contributed by atoms with Crippen LogP contribution in [0.15, 0.2) is 24.3 Å². The third-order valence-electron chi connectivity index (χ3n) is 3.13. The molecule has 7 heteroatoms. The van der Waals surface area contributed by atoms with E-state index in [1.165, 1.54) is 24.3 Å². The van der Waals surface area contributed by atoms with Crippen molar-refractivity contribution in [1.82, 2.24) is 4.90 Å². The lowest BCUT2D eigenvalue weighted by Gasteiger charge is -2.34. The van der Waals surface area contributed by atoms with E-state index in [9.17, 15) is 14.0 Å². The molecule has 1 N–H and O–H groups in total. The number of carboxylic acid groups (broad SMARTS) is 1. The Bertz CT molecular complexity index is 508. The maximum absolute atomic E-state index is 12.8. The number of thioether (sulfide) groups is 1. The molecule has 1 aromatic rings. The van der Waals surface area contributed by atoms with Crippen LogP contribution in [0.1, 0.15) is 6.42 Å². The van der Waals surface area contributed by atoms with E-state index in [2.05, 4.69) is 0 Å². The lowest BCUT2D eigenvalue weighted by molar-refractivity contribution is -0.141. The van der Waals surface area contributed by atoms with Gasteiger partial charge in [-0.2, -0.15) is 11.8 Å². The minimum absolute atomic E-state index is 0.0602. The van der Waals surface area contributed by atoms with Crippen molar-refractivity contribution in [3.05, 3.63) is 30.1 Å². The highest BCUT2D eigenvalue weighted by atomic mass is 32.2. The van der Waals surface area contributed by atoms with Crippen molar-refractivity contribution in [3.63, 3.8) is 0 Å². The molecule has 21 heavy (non-hydrogen) atoms. The maximum atomic E-state index is 12.8. The lowest BCUT2D eigenvalue weighted by Crippen LogP contribution is -2.48. The Labute approximate surface area is 126 Å². The van der Waals surface area contributed by atoms with Gasteiger partial charge in [-0.15, -0.1) is 0 Å². The molecule has 1 heterocycles. The highest BCUT2D eigenvalue weighted by Crippen LogP contribution is 2.19. The summed E-state index contributed by atoms with van der Waals surface area (Å²) in [5.41, 5.74) is 0. The molecule has 1 atom stereocenters. The van der Waals surface area contributed by atoms with Crippen molar-refractivity contribution < 1.29 is 23.8 Å². The topological polar surface area (TPSA) is 66.8 Å². The van der Waals surface area contributed by atoms with Crippen molar-refractivity contribution in [1.29, 1.82) is 0 Å². The Morgan fingerprint density at radius 3 is 2.76 bits per heavy atom. The number of carbonyl (C=O) groups is 2. The Morgan fingerprint density at radius 2 is 2.10 bits per heavy atom. The molecular weight excluding hydrogens is 297 g/mol. The fourth-order valence-corrected chi connectivity index (χ4v) is 3.17. The van der Waals surface area contributed by atoms with E-state index < -0.39 is 5.97 Å². The summed E-state index contributed by atoms with van der Waals surface area (Å²) in [6, 6.07) is 5.10. The van der Waals surface area contributed by atoms with E-state index in [4.69, 9.17) is 9.84 Å². The fourth-order valence-electron chi connectivity index (χ4n) is 2.11. The number of carbonyl (C=O) groups excluding carboxylic acids is 1. The average molecular weight is 313 g/mol. The van der Waals surface area contributed by atoms with Gasteiger partial charge in [0.25, 0.3) is 5.91 Å². The van der Waals surface area contributed by atoms with Gasteiger partial charge in [0.2, 0.25) is 0 Å². The van der Waals surface area contributed by atoms with Gasteiger partial charge in [0.15, 0.2) is 6.61 Å². The van der Waals surface area contributed by atoms with Gasteiger partial charge in [-0.05, 0) is 24.3 Å². The van der Waals surface area contributed by atoms with Gasteiger partial charge in [-0.1, -0.05) is 0 Å². The molecule has 0 bridgehead atoms. The van der Waals surface area contributed by atoms with E-state index in [1.54, 1.807) is 16.7 Å². The monoisotopic (exact) mass is 313 g/mol. The summed E-state index contributed by atoms with van der Waals surface area (Å²) in [5.74, 6) is 0.285. The molecule has 1 unspecified atom stereocenters. The molecule has 1 fully saturated rings. The first kappa shape index (κ1) is 15.6. The van der Waals surface area contributed by atoms with Crippen LogP contribution in [0.3, 0.4) is 0 Å². The second-order valence-corrected chi connectivity index (χ2v) is 5.81. The molecule has 0 saturated carbocycles. The van der Waals surface area contributed by atoms with Crippen LogP contribution in [0.5, 0.6) is 5.75 Å². The molecule has 0 radical (unpaired) electrons. The summed E-state index contributed by atoms with van der Waals surface area (Å²) in [5, 5.41) is 8.89. The predicted octanol–water partition coefficient (Wildman–Crippen LogP) is 1.62. The maximum Gasteiger partial charge on any atom is 0.305 e.